The van der Waals surface area contributed by atoms with Crippen LogP contribution in [0.1, 0.15) is 30.1 Å². The zero-order valence-corrected chi connectivity index (χ0v) is 14.9. The van der Waals surface area contributed by atoms with Crippen molar-refractivity contribution in [2.75, 3.05) is 19.7 Å². The van der Waals surface area contributed by atoms with Crippen LogP contribution in [-0.4, -0.2) is 45.1 Å². The van der Waals surface area contributed by atoms with E-state index < -0.39 is 0 Å². The molecular formula is C21H20N4O2. The number of ether oxygens (including phenoxy) is 1. The van der Waals surface area contributed by atoms with Gasteiger partial charge in [-0.25, -0.2) is 0 Å². The Bertz CT molecular complexity index is 1040. The Morgan fingerprint density at radius 2 is 2.00 bits per heavy atom. The Labute approximate surface area is 157 Å². The van der Waals surface area contributed by atoms with Crippen molar-refractivity contribution in [2.45, 2.75) is 18.8 Å². The number of aromatic nitrogens is 3. The molecule has 27 heavy (non-hydrogen) atoms. The lowest BCUT2D eigenvalue weighted by Crippen LogP contribution is -2.41. The number of benzene rings is 1. The van der Waals surface area contributed by atoms with Crippen LogP contribution in [0.2, 0.25) is 0 Å². The molecule has 2 aliphatic rings. The third kappa shape index (κ3) is 2.87. The molecule has 6 heteroatoms. The number of nitrogens with zero attached hydrogens (tertiary/aromatic N) is 4. The number of amides is 1. The second-order valence-electron chi connectivity index (χ2n) is 7.07. The van der Waals surface area contributed by atoms with E-state index in [-0.39, 0.29) is 11.8 Å². The fourth-order valence-corrected chi connectivity index (χ4v) is 3.95. The zero-order valence-electron chi connectivity index (χ0n) is 14.9. The zero-order chi connectivity index (χ0) is 18.2. The normalized spacial score (nSPS) is 19.3. The van der Waals surface area contributed by atoms with Gasteiger partial charge in [0.25, 0.3) is 5.91 Å². The molecule has 0 N–H and O–H groups in total. The molecule has 6 nitrogen and oxygen atoms in total. The highest BCUT2D eigenvalue weighted by Gasteiger charge is 2.30. The van der Waals surface area contributed by atoms with E-state index in [1.165, 1.54) is 0 Å². The number of hydrogen-bond donors (Lipinski definition) is 0. The van der Waals surface area contributed by atoms with E-state index in [9.17, 15) is 4.79 Å². The van der Waals surface area contributed by atoms with Crippen LogP contribution in [0, 0.1) is 0 Å². The van der Waals surface area contributed by atoms with Gasteiger partial charge in [0.15, 0.2) is 5.65 Å². The third-order valence-corrected chi connectivity index (χ3v) is 5.32. The summed E-state index contributed by atoms with van der Waals surface area (Å²) < 4.78 is 7.79. The molecule has 4 heterocycles. The number of pyridine rings is 1. The van der Waals surface area contributed by atoms with Crippen molar-refractivity contribution in [2.24, 2.45) is 0 Å². The lowest BCUT2D eigenvalue weighted by atomic mass is 9.96. The number of fused-ring (bicyclic) bond motifs is 2. The summed E-state index contributed by atoms with van der Waals surface area (Å²) in [7, 11) is 0. The molecule has 0 saturated carbocycles. The molecule has 1 atom stereocenters. The molecule has 1 aromatic carbocycles. The first-order valence-corrected chi connectivity index (χ1v) is 9.31. The van der Waals surface area contributed by atoms with Crippen LogP contribution in [0.25, 0.3) is 11.7 Å². The molecule has 0 aliphatic carbocycles. The Balaban J connectivity index is 1.38. The predicted octanol–water partition coefficient (Wildman–Crippen LogP) is 2.91. The van der Waals surface area contributed by atoms with E-state index >= 15 is 0 Å². The van der Waals surface area contributed by atoms with Gasteiger partial charge in [-0.1, -0.05) is 24.3 Å². The molecule has 0 radical (unpaired) electrons. The molecule has 5 rings (SSSR count). The summed E-state index contributed by atoms with van der Waals surface area (Å²) in [6.07, 6.45) is 5.91. The number of rotatable bonds is 2. The Hall–Kier alpha value is -3.15. The van der Waals surface area contributed by atoms with Crippen LogP contribution in [0.15, 0.2) is 54.2 Å². The molecule has 1 fully saturated rings. The van der Waals surface area contributed by atoms with Crippen molar-refractivity contribution >= 4 is 17.6 Å². The second kappa shape index (κ2) is 6.54. The van der Waals surface area contributed by atoms with E-state index in [2.05, 4.69) is 10.2 Å². The maximum atomic E-state index is 13.1. The van der Waals surface area contributed by atoms with Gasteiger partial charge in [0.05, 0.1) is 5.57 Å². The lowest BCUT2D eigenvalue weighted by molar-refractivity contribution is -0.128. The molecule has 0 spiro atoms. The minimum Gasteiger partial charge on any atom is -0.488 e. The highest BCUT2D eigenvalue weighted by Crippen LogP contribution is 2.30. The molecule has 0 bridgehead atoms. The van der Waals surface area contributed by atoms with E-state index in [1.54, 1.807) is 0 Å². The number of para-hydroxylation sites is 1. The lowest BCUT2D eigenvalue weighted by Gasteiger charge is -2.33. The molecule has 1 amide bonds. The number of likely N-dealkylation sites (tertiary alicyclic amines) is 1. The summed E-state index contributed by atoms with van der Waals surface area (Å²) in [4.78, 5) is 15.0. The van der Waals surface area contributed by atoms with E-state index in [0.717, 1.165) is 42.2 Å². The SMILES string of the molecule is O=C(C1=Cc2ccccc2OC1)N1CCCC(c2nnc3ccccn23)C1. The van der Waals surface area contributed by atoms with Crippen LogP contribution in [0.3, 0.4) is 0 Å². The smallest absolute Gasteiger partial charge is 0.253 e. The summed E-state index contributed by atoms with van der Waals surface area (Å²) in [5, 5.41) is 8.65. The van der Waals surface area contributed by atoms with Crippen molar-refractivity contribution < 1.29 is 9.53 Å². The number of hydrogen-bond acceptors (Lipinski definition) is 4. The molecule has 136 valence electrons. The maximum Gasteiger partial charge on any atom is 0.253 e. The van der Waals surface area contributed by atoms with E-state index in [1.807, 2.05) is 64.0 Å². The van der Waals surface area contributed by atoms with Crippen molar-refractivity contribution in [1.29, 1.82) is 0 Å². The van der Waals surface area contributed by atoms with Gasteiger partial charge in [-0.05, 0) is 37.1 Å². The molecule has 2 aromatic heterocycles. The van der Waals surface area contributed by atoms with Gasteiger partial charge >= 0.3 is 0 Å². The van der Waals surface area contributed by atoms with Gasteiger partial charge in [-0.15, -0.1) is 10.2 Å². The topological polar surface area (TPSA) is 59.7 Å². The van der Waals surface area contributed by atoms with Crippen molar-refractivity contribution in [3.63, 3.8) is 0 Å². The van der Waals surface area contributed by atoms with Crippen LogP contribution >= 0.6 is 0 Å². The molecule has 1 unspecified atom stereocenters. The van der Waals surface area contributed by atoms with Crippen LogP contribution < -0.4 is 4.74 Å². The molecule has 3 aromatic rings. The van der Waals surface area contributed by atoms with Crippen LogP contribution in [0.4, 0.5) is 0 Å². The predicted molar refractivity (Wildman–Crippen MR) is 101 cm³/mol. The van der Waals surface area contributed by atoms with Gasteiger partial charge in [-0.2, -0.15) is 0 Å². The van der Waals surface area contributed by atoms with Crippen molar-refractivity contribution in [3.05, 3.63) is 65.6 Å². The average Bonchev–Trinajstić information content (AvgIpc) is 3.17. The third-order valence-electron chi connectivity index (χ3n) is 5.32. The Morgan fingerprint density at radius 1 is 1.11 bits per heavy atom. The highest BCUT2D eigenvalue weighted by atomic mass is 16.5. The van der Waals surface area contributed by atoms with Gasteiger partial charge in [0.1, 0.15) is 18.2 Å². The largest absolute Gasteiger partial charge is 0.488 e. The molecule has 1 saturated heterocycles. The minimum absolute atomic E-state index is 0.0584. The first-order chi connectivity index (χ1) is 13.3. The Kier molecular flexibility index (Phi) is 3.89. The van der Waals surface area contributed by atoms with E-state index in [0.29, 0.717) is 18.7 Å². The quantitative estimate of drug-likeness (QED) is 0.705. The van der Waals surface area contributed by atoms with Crippen molar-refractivity contribution in [3.8, 4) is 5.75 Å². The van der Waals surface area contributed by atoms with E-state index in [4.69, 9.17) is 4.74 Å². The minimum atomic E-state index is 0.0584. The van der Waals surface area contributed by atoms with Crippen molar-refractivity contribution in [1.82, 2.24) is 19.5 Å². The van der Waals surface area contributed by atoms with Gasteiger partial charge in [0, 0.05) is 30.8 Å². The summed E-state index contributed by atoms with van der Waals surface area (Å²) in [6.45, 7) is 1.75. The number of carbonyl (C=O) groups is 1. The first-order valence-electron chi connectivity index (χ1n) is 9.31. The highest BCUT2D eigenvalue weighted by molar-refractivity contribution is 5.99. The number of carbonyl (C=O) groups excluding carboxylic acids is 1. The summed E-state index contributed by atoms with van der Waals surface area (Å²) >= 11 is 0. The van der Waals surface area contributed by atoms with Gasteiger partial charge in [0.2, 0.25) is 0 Å². The fourth-order valence-electron chi connectivity index (χ4n) is 3.95. The summed E-state index contributed by atoms with van der Waals surface area (Å²) in [6, 6.07) is 13.7. The van der Waals surface area contributed by atoms with Gasteiger partial charge in [-0.3, -0.25) is 9.20 Å². The second-order valence-corrected chi connectivity index (χ2v) is 7.07. The van der Waals surface area contributed by atoms with Crippen LogP contribution in [-0.2, 0) is 4.79 Å². The monoisotopic (exact) mass is 360 g/mol. The fraction of sp³-hybridized carbons (Fsp3) is 0.286. The van der Waals surface area contributed by atoms with Gasteiger partial charge < -0.3 is 9.64 Å². The summed E-state index contributed by atoms with van der Waals surface area (Å²) in [5.74, 6) is 2.02. The first kappa shape index (κ1) is 16.1. The number of piperidine rings is 1. The summed E-state index contributed by atoms with van der Waals surface area (Å²) in [5.41, 5.74) is 2.51. The van der Waals surface area contributed by atoms with Crippen LogP contribution in [0.5, 0.6) is 5.75 Å². The maximum absolute atomic E-state index is 13.1. The standard InChI is InChI=1S/C21H20N4O2/c26-21(17-12-15-6-1-2-8-18(15)27-14-17)24-10-5-7-16(13-24)20-23-22-19-9-3-4-11-25(19)20/h1-4,6,8-9,11-12,16H,5,7,10,13-14H2. The molecular weight excluding hydrogens is 340 g/mol. The Morgan fingerprint density at radius 3 is 2.96 bits per heavy atom. The molecule has 2 aliphatic heterocycles. The average molecular weight is 360 g/mol.